The van der Waals surface area contributed by atoms with Crippen molar-refractivity contribution >= 4 is 40.6 Å². The number of ether oxygens (including phenoxy) is 4. The number of thiocarbonyl (C=S) groups is 2. The highest BCUT2D eigenvalue weighted by molar-refractivity contribution is 7.80. The Labute approximate surface area is 190 Å². The van der Waals surface area contributed by atoms with Gasteiger partial charge in [0.15, 0.2) is 0 Å². The van der Waals surface area contributed by atoms with E-state index in [0.717, 1.165) is 0 Å². The van der Waals surface area contributed by atoms with Crippen LogP contribution in [0.1, 0.15) is 11.1 Å². The third kappa shape index (κ3) is 6.48. The summed E-state index contributed by atoms with van der Waals surface area (Å²) in [6.45, 7) is 0. The maximum absolute atomic E-state index is 5.92. The molecule has 0 saturated heterocycles. The highest BCUT2D eigenvalue weighted by Gasteiger charge is 2.10. The SMILES string of the molecule is C#Cc1cccc(OC(=S)Oc2cc(N)cc(OC(=S)Oc3cccc(C#C)c3)c2)c1. The molecule has 7 heteroatoms. The first-order valence-corrected chi connectivity index (χ1v) is 9.60. The molecule has 3 rings (SSSR count). The summed E-state index contributed by atoms with van der Waals surface area (Å²) in [6, 6.07) is 18.4. The topological polar surface area (TPSA) is 62.9 Å². The number of hydrogen-bond acceptors (Lipinski definition) is 7. The van der Waals surface area contributed by atoms with Crippen LogP contribution in [-0.4, -0.2) is 10.5 Å². The van der Waals surface area contributed by atoms with Gasteiger partial charge in [-0.3, -0.25) is 0 Å². The first-order valence-electron chi connectivity index (χ1n) is 8.78. The second-order valence-corrected chi connectivity index (χ2v) is 6.66. The van der Waals surface area contributed by atoms with Crippen molar-refractivity contribution in [1.29, 1.82) is 0 Å². The number of rotatable bonds is 4. The van der Waals surface area contributed by atoms with Crippen LogP contribution in [0, 0.1) is 24.7 Å². The van der Waals surface area contributed by atoms with Crippen LogP contribution >= 0.6 is 24.4 Å². The fraction of sp³-hybridized carbons (Fsp3) is 0. The molecule has 0 spiro atoms. The van der Waals surface area contributed by atoms with E-state index in [4.69, 9.17) is 62.0 Å². The minimum Gasteiger partial charge on any atom is -0.417 e. The molecule has 0 fully saturated rings. The number of hydrogen-bond donors (Lipinski definition) is 1. The third-order valence-corrected chi connectivity index (χ3v) is 4.04. The first-order chi connectivity index (χ1) is 14.9. The molecule has 3 aromatic rings. The predicted octanol–water partition coefficient (Wildman–Crippen LogP) is 4.72. The van der Waals surface area contributed by atoms with Crippen molar-refractivity contribution in [2.45, 2.75) is 0 Å². The second-order valence-electron chi connectivity index (χ2n) is 5.99. The Morgan fingerprint density at radius 1 is 0.645 bits per heavy atom. The zero-order valence-corrected chi connectivity index (χ0v) is 17.7. The molecule has 31 heavy (non-hydrogen) atoms. The fourth-order valence-corrected chi connectivity index (χ4v) is 2.82. The van der Waals surface area contributed by atoms with Crippen molar-refractivity contribution in [2.24, 2.45) is 0 Å². The van der Waals surface area contributed by atoms with E-state index in [1.807, 2.05) is 0 Å². The van der Waals surface area contributed by atoms with E-state index in [-0.39, 0.29) is 10.5 Å². The van der Waals surface area contributed by atoms with Gasteiger partial charge in [-0.2, -0.15) is 0 Å². The highest BCUT2D eigenvalue weighted by Crippen LogP contribution is 2.26. The Morgan fingerprint density at radius 3 is 1.48 bits per heavy atom. The number of nitrogen functional groups attached to an aromatic ring is 1. The van der Waals surface area contributed by atoms with Crippen molar-refractivity contribution in [3.63, 3.8) is 0 Å². The van der Waals surface area contributed by atoms with Gasteiger partial charge in [0.05, 0.1) is 0 Å². The highest BCUT2D eigenvalue weighted by atomic mass is 32.1. The normalized spacial score (nSPS) is 9.61. The van der Waals surface area contributed by atoms with E-state index in [0.29, 0.717) is 39.8 Å². The van der Waals surface area contributed by atoms with Crippen LogP contribution in [0.4, 0.5) is 5.69 Å². The molecule has 0 saturated carbocycles. The largest absolute Gasteiger partial charge is 0.417 e. The van der Waals surface area contributed by atoms with Crippen molar-refractivity contribution in [3.05, 3.63) is 77.9 Å². The Hall–Kier alpha value is -4.04. The van der Waals surface area contributed by atoms with E-state index in [9.17, 15) is 0 Å². The Balaban J connectivity index is 1.65. The standard InChI is InChI=1S/C24H15NO4S2/c1-3-16-7-5-9-19(11-16)26-23(30)28-21-13-18(25)14-22(15-21)29-24(31)27-20-10-6-8-17(4-2)12-20/h1-2,5-15H,25H2. The molecule has 0 radical (unpaired) electrons. The van der Waals surface area contributed by atoms with Gasteiger partial charge in [0.25, 0.3) is 0 Å². The lowest BCUT2D eigenvalue weighted by Crippen LogP contribution is -2.15. The summed E-state index contributed by atoms with van der Waals surface area (Å²) in [6.07, 6.45) is 10.8. The van der Waals surface area contributed by atoms with Crippen LogP contribution in [-0.2, 0) is 0 Å². The lowest BCUT2D eigenvalue weighted by molar-refractivity contribution is 0.393. The van der Waals surface area contributed by atoms with Gasteiger partial charge in [0.2, 0.25) is 0 Å². The van der Waals surface area contributed by atoms with Gasteiger partial charge in [-0.25, -0.2) is 0 Å². The molecule has 5 nitrogen and oxygen atoms in total. The van der Waals surface area contributed by atoms with E-state index >= 15 is 0 Å². The number of terminal acetylenes is 2. The summed E-state index contributed by atoms with van der Waals surface area (Å²) in [5, 5.41) is -0.286. The van der Waals surface area contributed by atoms with Gasteiger partial charge in [-0.15, -0.1) is 12.8 Å². The summed E-state index contributed by atoms with van der Waals surface area (Å²) in [4.78, 5) is 0. The average molecular weight is 446 g/mol. The lowest BCUT2D eigenvalue weighted by Gasteiger charge is -2.12. The number of benzene rings is 3. The van der Waals surface area contributed by atoms with Crippen LogP contribution in [0.25, 0.3) is 0 Å². The number of anilines is 1. The summed E-state index contributed by atoms with van der Waals surface area (Å²) in [5.74, 6) is 6.52. The van der Waals surface area contributed by atoms with E-state index < -0.39 is 0 Å². The van der Waals surface area contributed by atoms with Gasteiger partial charge >= 0.3 is 10.5 Å². The maximum atomic E-state index is 5.92. The molecule has 0 aliphatic rings. The fourth-order valence-electron chi connectivity index (χ4n) is 2.44. The van der Waals surface area contributed by atoms with Crippen molar-refractivity contribution in [3.8, 4) is 47.7 Å². The Kier molecular flexibility index (Phi) is 7.08. The van der Waals surface area contributed by atoms with Crippen LogP contribution in [0.3, 0.4) is 0 Å². The number of nitrogens with two attached hydrogens (primary N) is 1. The monoisotopic (exact) mass is 445 g/mol. The third-order valence-electron chi connectivity index (χ3n) is 3.71. The summed E-state index contributed by atoms with van der Waals surface area (Å²) < 4.78 is 22.0. The minimum atomic E-state index is -0.143. The van der Waals surface area contributed by atoms with Crippen LogP contribution in [0.15, 0.2) is 66.7 Å². The molecular formula is C24H15NO4S2. The zero-order chi connectivity index (χ0) is 22.2. The van der Waals surface area contributed by atoms with Crippen molar-refractivity contribution in [2.75, 3.05) is 5.73 Å². The van der Waals surface area contributed by atoms with Crippen molar-refractivity contribution < 1.29 is 18.9 Å². The van der Waals surface area contributed by atoms with Gasteiger partial charge in [-0.1, -0.05) is 24.0 Å². The maximum Gasteiger partial charge on any atom is 0.363 e. The molecule has 0 aromatic heterocycles. The summed E-state index contributed by atoms with van der Waals surface area (Å²) >= 11 is 10.3. The zero-order valence-electron chi connectivity index (χ0n) is 16.0. The van der Waals surface area contributed by atoms with Crippen LogP contribution < -0.4 is 24.7 Å². The first kappa shape index (κ1) is 21.7. The van der Waals surface area contributed by atoms with Crippen LogP contribution in [0.5, 0.6) is 23.0 Å². The molecule has 0 amide bonds. The molecule has 0 heterocycles. The molecule has 2 N–H and O–H groups in total. The molecule has 0 bridgehead atoms. The van der Waals surface area contributed by atoms with Crippen LogP contribution in [0.2, 0.25) is 0 Å². The predicted molar refractivity (Wildman–Crippen MR) is 127 cm³/mol. The average Bonchev–Trinajstić information content (AvgIpc) is 2.73. The molecule has 0 aliphatic heterocycles. The van der Waals surface area contributed by atoms with Gasteiger partial charge in [0, 0.05) is 59.4 Å². The Morgan fingerprint density at radius 2 is 1.06 bits per heavy atom. The summed E-state index contributed by atoms with van der Waals surface area (Å²) in [5.41, 5.74) is 7.59. The van der Waals surface area contributed by atoms with Gasteiger partial charge in [0.1, 0.15) is 23.0 Å². The molecule has 3 aromatic carbocycles. The molecular weight excluding hydrogens is 430 g/mol. The van der Waals surface area contributed by atoms with E-state index in [2.05, 4.69) is 11.8 Å². The molecule has 0 atom stereocenters. The molecule has 0 unspecified atom stereocenters. The van der Waals surface area contributed by atoms with Crippen molar-refractivity contribution in [1.82, 2.24) is 0 Å². The van der Waals surface area contributed by atoms with E-state index in [1.165, 1.54) is 6.07 Å². The molecule has 0 aliphatic carbocycles. The van der Waals surface area contributed by atoms with Gasteiger partial charge < -0.3 is 24.7 Å². The second kappa shape index (κ2) is 10.1. The smallest absolute Gasteiger partial charge is 0.363 e. The van der Waals surface area contributed by atoms with Gasteiger partial charge in [-0.05, 0) is 36.4 Å². The lowest BCUT2D eigenvalue weighted by atomic mass is 10.2. The van der Waals surface area contributed by atoms with E-state index in [1.54, 1.807) is 60.7 Å². The minimum absolute atomic E-state index is 0.143. The summed E-state index contributed by atoms with van der Waals surface area (Å²) in [7, 11) is 0. The quantitative estimate of drug-likeness (QED) is 0.354. The Bertz CT molecular complexity index is 1130. The molecule has 152 valence electrons.